The van der Waals surface area contributed by atoms with E-state index in [1.54, 1.807) is 13.0 Å². The highest BCUT2D eigenvalue weighted by molar-refractivity contribution is 6.08. The van der Waals surface area contributed by atoms with Crippen molar-refractivity contribution in [2.24, 2.45) is 0 Å². The lowest BCUT2D eigenvalue weighted by Crippen LogP contribution is -2.17. The minimum Gasteiger partial charge on any atom is -0.462 e. The van der Waals surface area contributed by atoms with Gasteiger partial charge >= 0.3 is 5.97 Å². The summed E-state index contributed by atoms with van der Waals surface area (Å²) in [5.74, 6) is -0.287. The van der Waals surface area contributed by atoms with Crippen molar-refractivity contribution < 1.29 is 19.0 Å². The number of rotatable bonds is 9. The minimum absolute atomic E-state index is 0.287. The van der Waals surface area contributed by atoms with Gasteiger partial charge in [0.1, 0.15) is 0 Å². The molecule has 5 heteroatoms. The molecule has 0 N–H and O–H groups in total. The second-order valence-electron chi connectivity index (χ2n) is 3.62. The van der Waals surface area contributed by atoms with Gasteiger partial charge in [-0.15, -0.1) is 0 Å². The summed E-state index contributed by atoms with van der Waals surface area (Å²) in [7, 11) is 1.15. The van der Waals surface area contributed by atoms with Gasteiger partial charge in [-0.3, -0.25) is 0 Å². The Labute approximate surface area is 107 Å². The van der Waals surface area contributed by atoms with Crippen molar-refractivity contribution in [1.29, 1.82) is 0 Å². The Bertz CT molecular complexity index is 235. The van der Waals surface area contributed by atoms with Crippen molar-refractivity contribution in [2.75, 3.05) is 19.8 Å². The lowest BCUT2D eigenvalue weighted by atomic mass is 10.3. The number of ether oxygens (including phenoxy) is 3. The molecule has 0 aliphatic heterocycles. The molecule has 0 saturated carbocycles. The molecule has 17 heavy (non-hydrogen) atoms. The van der Waals surface area contributed by atoms with Crippen LogP contribution >= 0.6 is 0 Å². The Morgan fingerprint density at radius 3 is 2.35 bits per heavy atom. The number of carbonyl (C=O) groups excluding carboxylic acids is 1. The molecule has 0 unspecified atom stereocenters. The fraction of sp³-hybridized carbons (Fsp3) is 0.750. The van der Waals surface area contributed by atoms with E-state index in [2.05, 4.69) is 0 Å². The maximum Gasteiger partial charge on any atom is 0.333 e. The van der Waals surface area contributed by atoms with Crippen LogP contribution in [0.15, 0.2) is 11.6 Å². The van der Waals surface area contributed by atoms with Crippen LogP contribution < -0.4 is 0 Å². The largest absolute Gasteiger partial charge is 0.462 e. The lowest BCUT2D eigenvalue weighted by Gasteiger charge is -2.13. The van der Waals surface area contributed by atoms with Crippen molar-refractivity contribution in [3.05, 3.63) is 11.6 Å². The summed E-state index contributed by atoms with van der Waals surface area (Å²) in [6.45, 7) is 7.08. The summed E-state index contributed by atoms with van der Waals surface area (Å²) in [6.07, 6.45) is 2.15. The lowest BCUT2D eigenvalue weighted by molar-refractivity contribution is -0.139. The third kappa shape index (κ3) is 8.12. The van der Waals surface area contributed by atoms with Gasteiger partial charge in [0, 0.05) is 29.0 Å². The summed E-state index contributed by atoms with van der Waals surface area (Å²) >= 11 is 0. The van der Waals surface area contributed by atoms with Crippen LogP contribution in [0, 0.1) is 0 Å². The molecule has 4 nitrogen and oxygen atoms in total. The number of carbonyl (C=O) groups is 1. The second kappa shape index (κ2) is 10.5. The van der Waals surface area contributed by atoms with Gasteiger partial charge in [0.25, 0.3) is 0 Å². The Morgan fingerprint density at radius 1 is 1.29 bits per heavy atom. The monoisotopic (exact) mass is 260 g/mol. The first-order valence-electron chi connectivity index (χ1n) is 6.24. The van der Waals surface area contributed by atoms with E-state index in [9.17, 15) is 4.79 Å². The van der Waals surface area contributed by atoms with Crippen LogP contribution in [0.25, 0.3) is 0 Å². The molecule has 0 heterocycles. The average Bonchev–Trinajstić information content (AvgIpc) is 2.29. The van der Waals surface area contributed by atoms with Crippen LogP contribution in [0.2, 0.25) is 6.04 Å². The molecule has 0 aliphatic rings. The van der Waals surface area contributed by atoms with Crippen molar-refractivity contribution in [2.45, 2.75) is 39.5 Å². The van der Waals surface area contributed by atoms with E-state index in [0.29, 0.717) is 25.4 Å². The number of hydrogen-bond acceptors (Lipinski definition) is 4. The number of hydrogen-bond donors (Lipinski definition) is 0. The van der Waals surface area contributed by atoms with Crippen molar-refractivity contribution in [1.82, 2.24) is 0 Å². The molecule has 0 fully saturated rings. The zero-order valence-electron chi connectivity index (χ0n) is 11.3. The van der Waals surface area contributed by atoms with E-state index >= 15 is 0 Å². The predicted octanol–water partition coefficient (Wildman–Crippen LogP) is 1.05. The molecular weight excluding hydrogens is 236 g/mol. The highest BCUT2D eigenvalue weighted by Gasteiger charge is 2.10. The zero-order chi connectivity index (χ0) is 13.1. The molecule has 0 aromatic heterocycles. The Kier molecular flexibility index (Phi) is 10.1. The minimum atomic E-state index is -0.462. The first-order chi connectivity index (χ1) is 8.15. The first kappa shape index (κ1) is 16.3. The van der Waals surface area contributed by atoms with Crippen molar-refractivity contribution >= 4 is 16.2 Å². The first-order valence-corrected chi connectivity index (χ1v) is 7.65. The summed E-state index contributed by atoms with van der Waals surface area (Å²) in [6, 6.07) is 1.15. The third-order valence-electron chi connectivity index (χ3n) is 2.10. The molecule has 0 radical (unpaired) electrons. The fourth-order valence-electron chi connectivity index (χ4n) is 1.17. The standard InChI is InChI=1S/C12H24O4Si/c1-4-14-11(15-5-2)9-10(3)12(13)16-7-6-8-17/h9,11H,4-8H2,1-3,17H3. The van der Waals surface area contributed by atoms with Gasteiger partial charge in [-0.1, -0.05) is 6.04 Å². The van der Waals surface area contributed by atoms with Crippen molar-refractivity contribution in [3.8, 4) is 0 Å². The van der Waals surface area contributed by atoms with Gasteiger partial charge in [0.15, 0.2) is 6.29 Å². The van der Waals surface area contributed by atoms with Gasteiger partial charge in [-0.2, -0.15) is 0 Å². The normalized spacial score (nSPS) is 12.1. The van der Waals surface area contributed by atoms with Crippen LogP contribution in [0.1, 0.15) is 27.2 Å². The van der Waals surface area contributed by atoms with Gasteiger partial charge in [-0.05, 0) is 33.3 Å². The van der Waals surface area contributed by atoms with Crippen LogP contribution in [0.5, 0.6) is 0 Å². The maximum absolute atomic E-state index is 11.6. The summed E-state index contributed by atoms with van der Waals surface area (Å²) in [5, 5.41) is 0. The molecule has 0 saturated heterocycles. The highest BCUT2D eigenvalue weighted by Crippen LogP contribution is 2.05. The Hall–Kier alpha value is -0.653. The topological polar surface area (TPSA) is 44.8 Å². The quantitative estimate of drug-likeness (QED) is 0.204. The van der Waals surface area contributed by atoms with Gasteiger partial charge in [-0.25, -0.2) is 4.79 Å². The van der Waals surface area contributed by atoms with Crippen LogP contribution in [0.4, 0.5) is 0 Å². The van der Waals surface area contributed by atoms with E-state index in [1.807, 2.05) is 13.8 Å². The molecule has 0 amide bonds. The van der Waals surface area contributed by atoms with Crippen LogP contribution in [-0.2, 0) is 19.0 Å². The Balaban J connectivity index is 4.21. The van der Waals surface area contributed by atoms with Gasteiger partial charge < -0.3 is 14.2 Å². The predicted molar refractivity (Wildman–Crippen MR) is 71.1 cm³/mol. The molecule has 0 bridgehead atoms. The van der Waals surface area contributed by atoms with Crippen LogP contribution in [0.3, 0.4) is 0 Å². The van der Waals surface area contributed by atoms with Gasteiger partial charge in [0.2, 0.25) is 0 Å². The molecule has 0 atom stereocenters. The van der Waals surface area contributed by atoms with E-state index in [-0.39, 0.29) is 5.97 Å². The SMILES string of the molecule is CCOC(C=C(C)C(=O)OCCC[SiH3])OCC. The van der Waals surface area contributed by atoms with Crippen molar-refractivity contribution in [3.63, 3.8) is 0 Å². The van der Waals surface area contributed by atoms with Crippen LogP contribution in [-0.4, -0.2) is 42.3 Å². The maximum atomic E-state index is 11.6. The molecule has 0 aliphatic carbocycles. The summed E-state index contributed by atoms with van der Waals surface area (Å²) in [4.78, 5) is 11.6. The fourth-order valence-corrected chi connectivity index (χ4v) is 1.46. The molecular formula is C12H24O4Si. The van der Waals surface area contributed by atoms with E-state index in [1.165, 1.54) is 0 Å². The van der Waals surface area contributed by atoms with Gasteiger partial charge in [0.05, 0.1) is 6.61 Å². The molecule has 0 spiro atoms. The number of esters is 1. The zero-order valence-corrected chi connectivity index (χ0v) is 13.3. The highest BCUT2D eigenvalue weighted by atomic mass is 28.1. The smallest absolute Gasteiger partial charge is 0.333 e. The average molecular weight is 260 g/mol. The third-order valence-corrected chi connectivity index (χ3v) is 2.81. The second-order valence-corrected chi connectivity index (χ2v) is 4.62. The molecule has 0 rings (SSSR count). The summed E-state index contributed by atoms with van der Waals surface area (Å²) in [5.41, 5.74) is 0.533. The van der Waals surface area contributed by atoms with E-state index in [4.69, 9.17) is 14.2 Å². The molecule has 0 aromatic carbocycles. The Morgan fingerprint density at radius 2 is 1.88 bits per heavy atom. The summed E-state index contributed by atoms with van der Waals surface area (Å²) < 4.78 is 15.8. The van der Waals surface area contributed by atoms with E-state index in [0.717, 1.165) is 22.7 Å². The van der Waals surface area contributed by atoms with E-state index < -0.39 is 6.29 Å². The molecule has 0 aromatic rings. The molecule has 100 valence electrons.